The summed E-state index contributed by atoms with van der Waals surface area (Å²) in [4.78, 5) is 0. The summed E-state index contributed by atoms with van der Waals surface area (Å²) in [6.45, 7) is 12.8. The molecule has 0 atom stereocenters. The average Bonchev–Trinajstić information content (AvgIpc) is 2.58. The quantitative estimate of drug-likeness (QED) is 0.503. The standard InChI is InChI=1S/C14H15N.C10H14.CH4/c1-11-3-7-13(8-4-11)15-14-9-5-12(2)6-10-14;1-7-5-9(3)10(4)6-8(7)2;/h3-10,15H,1-2H3;5-6H,1-4H3;1H4. The van der Waals surface area contributed by atoms with Crippen molar-refractivity contribution in [1.82, 2.24) is 0 Å². The fourth-order valence-electron chi connectivity index (χ4n) is 2.55. The van der Waals surface area contributed by atoms with Gasteiger partial charge in [0.1, 0.15) is 0 Å². The van der Waals surface area contributed by atoms with E-state index in [1.807, 2.05) is 0 Å². The van der Waals surface area contributed by atoms with Gasteiger partial charge in [-0.3, -0.25) is 0 Å². The summed E-state index contributed by atoms with van der Waals surface area (Å²) in [7, 11) is 0. The van der Waals surface area contributed by atoms with Crippen LogP contribution in [0.3, 0.4) is 0 Å². The molecular formula is C25H33N. The zero-order chi connectivity index (χ0) is 18.4. The minimum absolute atomic E-state index is 0. The molecule has 26 heavy (non-hydrogen) atoms. The van der Waals surface area contributed by atoms with Crippen molar-refractivity contribution < 1.29 is 0 Å². The van der Waals surface area contributed by atoms with E-state index in [0.717, 1.165) is 11.4 Å². The van der Waals surface area contributed by atoms with Crippen molar-refractivity contribution in [2.24, 2.45) is 0 Å². The number of benzene rings is 3. The minimum atomic E-state index is 0. The van der Waals surface area contributed by atoms with Gasteiger partial charge in [-0.15, -0.1) is 0 Å². The van der Waals surface area contributed by atoms with Crippen molar-refractivity contribution in [1.29, 1.82) is 0 Å². The summed E-state index contributed by atoms with van der Waals surface area (Å²) >= 11 is 0. The Bertz CT molecular complexity index is 718. The Kier molecular flexibility index (Phi) is 8.12. The van der Waals surface area contributed by atoms with E-state index in [0.29, 0.717) is 0 Å². The Morgan fingerprint density at radius 2 is 0.731 bits per heavy atom. The molecule has 0 unspecified atom stereocenters. The summed E-state index contributed by atoms with van der Waals surface area (Å²) in [6, 6.07) is 21.3. The van der Waals surface area contributed by atoms with Crippen LogP contribution in [0.1, 0.15) is 40.8 Å². The zero-order valence-corrected chi connectivity index (χ0v) is 16.3. The fraction of sp³-hybridized carbons (Fsp3) is 0.280. The Hall–Kier alpha value is -2.54. The number of hydrogen-bond donors (Lipinski definition) is 1. The summed E-state index contributed by atoms with van der Waals surface area (Å²) < 4.78 is 0. The molecule has 3 aromatic carbocycles. The number of rotatable bonds is 2. The molecule has 0 amide bonds. The summed E-state index contributed by atoms with van der Waals surface area (Å²) in [5.74, 6) is 0. The molecule has 0 saturated carbocycles. The van der Waals surface area contributed by atoms with Crippen molar-refractivity contribution in [3.8, 4) is 0 Å². The topological polar surface area (TPSA) is 12.0 Å². The van der Waals surface area contributed by atoms with Crippen LogP contribution in [0.15, 0.2) is 60.7 Å². The van der Waals surface area contributed by atoms with E-state index < -0.39 is 0 Å². The molecule has 3 rings (SSSR count). The lowest BCUT2D eigenvalue weighted by Gasteiger charge is -2.06. The van der Waals surface area contributed by atoms with E-state index >= 15 is 0 Å². The molecule has 1 heteroatoms. The predicted molar refractivity (Wildman–Crippen MR) is 118 cm³/mol. The van der Waals surface area contributed by atoms with Gasteiger partial charge in [0, 0.05) is 11.4 Å². The lowest BCUT2D eigenvalue weighted by Crippen LogP contribution is -1.89. The molecule has 0 aliphatic carbocycles. The van der Waals surface area contributed by atoms with Gasteiger partial charge in [0.25, 0.3) is 0 Å². The van der Waals surface area contributed by atoms with Crippen molar-refractivity contribution in [2.75, 3.05) is 5.32 Å². The maximum absolute atomic E-state index is 3.36. The van der Waals surface area contributed by atoms with E-state index in [9.17, 15) is 0 Å². The van der Waals surface area contributed by atoms with Gasteiger partial charge in [-0.25, -0.2) is 0 Å². The molecule has 0 heterocycles. The molecule has 3 aromatic rings. The Morgan fingerprint density at radius 3 is 1.00 bits per heavy atom. The largest absolute Gasteiger partial charge is 0.356 e. The van der Waals surface area contributed by atoms with Gasteiger partial charge in [0.2, 0.25) is 0 Å². The van der Waals surface area contributed by atoms with Crippen LogP contribution in [0, 0.1) is 41.5 Å². The molecule has 1 nitrogen and oxygen atoms in total. The second kappa shape index (κ2) is 9.82. The molecule has 0 aliphatic rings. The average molecular weight is 348 g/mol. The van der Waals surface area contributed by atoms with Gasteiger partial charge in [-0.2, -0.15) is 0 Å². The third-order valence-electron chi connectivity index (χ3n) is 4.50. The molecule has 0 aliphatic heterocycles. The summed E-state index contributed by atoms with van der Waals surface area (Å²) in [5, 5.41) is 3.36. The van der Waals surface area contributed by atoms with Gasteiger partial charge in [-0.05, 0) is 88.1 Å². The lowest BCUT2D eigenvalue weighted by molar-refractivity contribution is 1.24. The number of nitrogens with one attached hydrogen (secondary N) is 1. The third kappa shape index (κ3) is 6.40. The van der Waals surface area contributed by atoms with Crippen molar-refractivity contribution in [3.05, 3.63) is 94.0 Å². The molecule has 0 radical (unpaired) electrons. The van der Waals surface area contributed by atoms with Gasteiger partial charge in [-0.1, -0.05) is 55.0 Å². The number of hydrogen-bond acceptors (Lipinski definition) is 1. The highest BCUT2D eigenvalue weighted by molar-refractivity contribution is 5.59. The maximum Gasteiger partial charge on any atom is 0.0384 e. The highest BCUT2D eigenvalue weighted by Crippen LogP contribution is 2.17. The first-order chi connectivity index (χ1) is 11.8. The molecule has 0 fully saturated rings. The van der Waals surface area contributed by atoms with E-state index in [2.05, 4.69) is 108 Å². The SMILES string of the molecule is C.Cc1cc(C)c(C)cc1C.Cc1ccc(Nc2ccc(C)cc2)cc1. The van der Waals surface area contributed by atoms with E-state index in [1.54, 1.807) is 0 Å². The second-order valence-corrected chi connectivity index (χ2v) is 6.88. The molecule has 138 valence electrons. The van der Waals surface area contributed by atoms with Crippen molar-refractivity contribution >= 4 is 11.4 Å². The minimum Gasteiger partial charge on any atom is -0.356 e. The maximum atomic E-state index is 3.36. The van der Waals surface area contributed by atoms with Crippen LogP contribution in [-0.4, -0.2) is 0 Å². The third-order valence-corrected chi connectivity index (χ3v) is 4.50. The Labute approximate surface area is 160 Å². The van der Waals surface area contributed by atoms with Crippen LogP contribution in [0.5, 0.6) is 0 Å². The molecule has 0 aromatic heterocycles. The molecule has 0 spiro atoms. The highest BCUT2D eigenvalue weighted by Gasteiger charge is 1.95. The first-order valence-corrected chi connectivity index (χ1v) is 8.80. The normalized spacial score (nSPS) is 9.62. The Balaban J connectivity index is 0.000000270. The monoisotopic (exact) mass is 347 g/mol. The molecular weight excluding hydrogens is 314 g/mol. The van der Waals surface area contributed by atoms with E-state index in [4.69, 9.17) is 0 Å². The van der Waals surface area contributed by atoms with Crippen LogP contribution in [0.4, 0.5) is 11.4 Å². The van der Waals surface area contributed by atoms with Crippen LogP contribution >= 0.6 is 0 Å². The summed E-state index contributed by atoms with van der Waals surface area (Å²) in [6.07, 6.45) is 0. The van der Waals surface area contributed by atoms with Gasteiger partial charge >= 0.3 is 0 Å². The van der Waals surface area contributed by atoms with E-state index in [-0.39, 0.29) is 7.43 Å². The Morgan fingerprint density at radius 1 is 0.462 bits per heavy atom. The smallest absolute Gasteiger partial charge is 0.0384 e. The first kappa shape index (κ1) is 21.5. The van der Waals surface area contributed by atoms with Crippen molar-refractivity contribution in [2.45, 2.75) is 49.0 Å². The van der Waals surface area contributed by atoms with Crippen LogP contribution in [0.2, 0.25) is 0 Å². The van der Waals surface area contributed by atoms with Crippen molar-refractivity contribution in [3.63, 3.8) is 0 Å². The predicted octanol–water partition coefficient (Wildman–Crippen LogP) is 7.60. The van der Waals surface area contributed by atoms with Crippen LogP contribution < -0.4 is 5.32 Å². The molecule has 1 N–H and O–H groups in total. The van der Waals surface area contributed by atoms with Gasteiger partial charge in [0.05, 0.1) is 0 Å². The van der Waals surface area contributed by atoms with Crippen LogP contribution in [-0.2, 0) is 0 Å². The van der Waals surface area contributed by atoms with Crippen LogP contribution in [0.25, 0.3) is 0 Å². The second-order valence-electron chi connectivity index (χ2n) is 6.88. The molecule has 0 saturated heterocycles. The lowest BCUT2D eigenvalue weighted by atomic mass is 10.0. The molecule has 0 bridgehead atoms. The zero-order valence-electron chi connectivity index (χ0n) is 16.3. The van der Waals surface area contributed by atoms with Gasteiger partial charge in [0.15, 0.2) is 0 Å². The number of anilines is 2. The van der Waals surface area contributed by atoms with Gasteiger partial charge < -0.3 is 5.32 Å². The number of aryl methyl sites for hydroxylation is 6. The summed E-state index contributed by atoms with van der Waals surface area (Å²) in [5.41, 5.74) is 10.4. The highest BCUT2D eigenvalue weighted by atomic mass is 14.9. The fourth-order valence-corrected chi connectivity index (χ4v) is 2.55. The first-order valence-electron chi connectivity index (χ1n) is 8.80. The van der Waals surface area contributed by atoms with E-state index in [1.165, 1.54) is 33.4 Å².